The van der Waals surface area contributed by atoms with E-state index < -0.39 is 16.1 Å². The third-order valence-corrected chi connectivity index (χ3v) is 4.43. The molecule has 0 radical (unpaired) electrons. The normalized spacial score (nSPS) is 16.0. The van der Waals surface area contributed by atoms with Crippen molar-refractivity contribution >= 4 is 21.7 Å². The van der Waals surface area contributed by atoms with Crippen LogP contribution in [-0.4, -0.2) is 62.1 Å². The van der Waals surface area contributed by atoms with E-state index in [2.05, 4.69) is 14.7 Å². The molecule has 0 bridgehead atoms. The average molecular weight is 341 g/mol. The quantitative estimate of drug-likeness (QED) is 0.806. The topological polar surface area (TPSA) is 95.5 Å². The van der Waals surface area contributed by atoms with E-state index in [-0.39, 0.29) is 5.91 Å². The molecule has 8 nitrogen and oxygen atoms in total. The van der Waals surface area contributed by atoms with Gasteiger partial charge in [-0.15, -0.1) is 0 Å². The van der Waals surface area contributed by atoms with E-state index in [1.807, 2.05) is 25.9 Å². The smallest absolute Gasteiger partial charge is 0.240 e. The number of fused-ring (bicyclic) bond motifs is 1. The second-order valence-electron chi connectivity index (χ2n) is 6.04. The van der Waals surface area contributed by atoms with Crippen LogP contribution < -0.4 is 9.62 Å². The van der Waals surface area contributed by atoms with Gasteiger partial charge in [0.2, 0.25) is 15.9 Å². The lowest BCUT2D eigenvalue weighted by Crippen LogP contribution is -2.48. The number of hydrogen-bond acceptors (Lipinski definition) is 6. The number of sulfonamides is 1. The number of hydrogen-bond donors (Lipinski definition) is 1. The molecule has 2 heterocycles. The van der Waals surface area contributed by atoms with Gasteiger partial charge in [-0.05, 0) is 20.3 Å². The van der Waals surface area contributed by atoms with Crippen LogP contribution in [0.25, 0.3) is 0 Å². The minimum absolute atomic E-state index is 0.247. The lowest BCUT2D eigenvalue weighted by atomic mass is 10.0. The lowest BCUT2D eigenvalue weighted by molar-refractivity contribution is -0.133. The fourth-order valence-corrected chi connectivity index (χ4v) is 3.48. The van der Waals surface area contributed by atoms with E-state index in [1.165, 1.54) is 0 Å². The Bertz CT molecular complexity index is 717. The van der Waals surface area contributed by atoms with Crippen molar-refractivity contribution in [3.8, 4) is 0 Å². The first-order chi connectivity index (χ1) is 10.6. The van der Waals surface area contributed by atoms with Gasteiger partial charge in [0.1, 0.15) is 11.6 Å². The molecule has 0 spiro atoms. The Labute approximate surface area is 137 Å². The molecule has 1 amide bonds. The van der Waals surface area contributed by atoms with E-state index in [4.69, 9.17) is 0 Å². The Kier molecular flexibility index (Phi) is 4.90. The predicted molar refractivity (Wildman–Crippen MR) is 87.7 cm³/mol. The average Bonchev–Trinajstić information content (AvgIpc) is 2.42. The zero-order valence-corrected chi connectivity index (χ0v) is 14.9. The second kappa shape index (κ2) is 6.40. The number of amides is 1. The largest absolute Gasteiger partial charge is 0.362 e. The lowest BCUT2D eigenvalue weighted by Gasteiger charge is -2.32. The Hall–Kier alpha value is -1.74. The molecule has 1 aromatic rings. The van der Waals surface area contributed by atoms with Crippen molar-refractivity contribution in [1.82, 2.24) is 19.6 Å². The maximum Gasteiger partial charge on any atom is 0.240 e. The molecule has 23 heavy (non-hydrogen) atoms. The van der Waals surface area contributed by atoms with Gasteiger partial charge in [0.15, 0.2) is 0 Å². The number of nitrogens with one attached hydrogen (secondary N) is 1. The first-order valence-corrected chi connectivity index (χ1v) is 9.27. The van der Waals surface area contributed by atoms with E-state index in [1.54, 1.807) is 11.8 Å². The number of carbonyl (C=O) groups excluding carboxylic acids is 1. The van der Waals surface area contributed by atoms with Gasteiger partial charge in [0.05, 0.1) is 24.5 Å². The summed E-state index contributed by atoms with van der Waals surface area (Å²) in [5.41, 5.74) is 1.88. The Morgan fingerprint density at radius 1 is 1.35 bits per heavy atom. The Balaban J connectivity index is 2.22. The molecule has 1 aromatic heterocycles. The molecule has 0 saturated heterocycles. The van der Waals surface area contributed by atoms with Crippen molar-refractivity contribution in [2.24, 2.45) is 0 Å². The number of carbonyl (C=O) groups is 1. The number of aryl methyl sites for hydroxylation is 1. The van der Waals surface area contributed by atoms with Crippen LogP contribution in [-0.2, 0) is 27.8 Å². The maximum absolute atomic E-state index is 12.4. The van der Waals surface area contributed by atoms with E-state index in [0.717, 1.165) is 23.3 Å². The summed E-state index contributed by atoms with van der Waals surface area (Å²) >= 11 is 0. The monoisotopic (exact) mass is 341 g/mol. The van der Waals surface area contributed by atoms with Crippen molar-refractivity contribution in [1.29, 1.82) is 0 Å². The van der Waals surface area contributed by atoms with E-state index >= 15 is 0 Å². The molecule has 1 N–H and O–H groups in total. The fourth-order valence-electron chi connectivity index (χ4n) is 2.73. The van der Waals surface area contributed by atoms with Crippen LogP contribution >= 0.6 is 0 Å². The summed E-state index contributed by atoms with van der Waals surface area (Å²) in [5.74, 6) is 1.29. The summed E-state index contributed by atoms with van der Waals surface area (Å²) in [5, 5.41) is 0. The molecule has 0 aromatic carbocycles. The highest BCUT2D eigenvalue weighted by Crippen LogP contribution is 2.25. The standard InChI is InChI=1S/C14H23N5O3S/c1-9(17-23(5,21)22)14(20)19-7-6-11-12(8-19)15-10(2)16-13(11)18(3)4/h9,17H,6-8H2,1-5H3/t9-/m0/s1. The van der Waals surface area contributed by atoms with Crippen LogP contribution in [0.1, 0.15) is 24.0 Å². The highest BCUT2D eigenvalue weighted by atomic mass is 32.2. The van der Waals surface area contributed by atoms with Crippen LogP contribution in [0, 0.1) is 6.92 Å². The molecular formula is C14H23N5O3S. The number of aromatic nitrogens is 2. The minimum Gasteiger partial charge on any atom is -0.362 e. The zero-order chi connectivity index (χ0) is 17.4. The van der Waals surface area contributed by atoms with Crippen molar-refractivity contribution in [2.45, 2.75) is 32.9 Å². The predicted octanol–water partition coefficient (Wildman–Crippen LogP) is -0.327. The van der Waals surface area contributed by atoms with Crippen molar-refractivity contribution < 1.29 is 13.2 Å². The Morgan fingerprint density at radius 2 is 2.00 bits per heavy atom. The van der Waals surface area contributed by atoms with Gasteiger partial charge in [0.25, 0.3) is 0 Å². The van der Waals surface area contributed by atoms with Crippen LogP contribution in [0.4, 0.5) is 5.82 Å². The molecule has 9 heteroatoms. The molecular weight excluding hydrogens is 318 g/mol. The summed E-state index contributed by atoms with van der Waals surface area (Å²) in [7, 11) is 0.434. The zero-order valence-electron chi connectivity index (χ0n) is 14.1. The van der Waals surface area contributed by atoms with Crippen LogP contribution in [0.2, 0.25) is 0 Å². The van der Waals surface area contributed by atoms with Gasteiger partial charge in [-0.2, -0.15) is 0 Å². The first kappa shape index (κ1) is 17.6. The maximum atomic E-state index is 12.4. The third kappa shape index (κ3) is 4.17. The SMILES string of the molecule is Cc1nc2c(c(N(C)C)n1)CCN(C(=O)[C@H](C)NS(C)(=O)=O)C2. The van der Waals surface area contributed by atoms with Gasteiger partial charge < -0.3 is 9.80 Å². The molecule has 0 aliphatic carbocycles. The van der Waals surface area contributed by atoms with Crippen molar-refractivity contribution in [2.75, 3.05) is 31.8 Å². The van der Waals surface area contributed by atoms with E-state index in [9.17, 15) is 13.2 Å². The summed E-state index contributed by atoms with van der Waals surface area (Å²) in [6.07, 6.45) is 1.70. The summed E-state index contributed by atoms with van der Waals surface area (Å²) in [6, 6.07) is -0.789. The molecule has 0 unspecified atom stereocenters. The van der Waals surface area contributed by atoms with Gasteiger partial charge >= 0.3 is 0 Å². The van der Waals surface area contributed by atoms with Gasteiger partial charge in [-0.25, -0.2) is 23.1 Å². The van der Waals surface area contributed by atoms with Gasteiger partial charge in [0, 0.05) is 26.2 Å². The molecule has 0 saturated carbocycles. The highest BCUT2D eigenvalue weighted by Gasteiger charge is 2.29. The summed E-state index contributed by atoms with van der Waals surface area (Å²) < 4.78 is 24.9. The number of anilines is 1. The number of nitrogens with zero attached hydrogens (tertiary/aromatic N) is 4. The molecule has 0 fully saturated rings. The summed E-state index contributed by atoms with van der Waals surface area (Å²) in [6.45, 7) is 4.26. The van der Waals surface area contributed by atoms with Crippen LogP contribution in [0.5, 0.6) is 0 Å². The molecule has 1 atom stereocenters. The third-order valence-electron chi connectivity index (χ3n) is 3.65. The first-order valence-electron chi connectivity index (χ1n) is 7.38. The molecule has 2 rings (SSSR count). The van der Waals surface area contributed by atoms with Crippen LogP contribution in [0.3, 0.4) is 0 Å². The highest BCUT2D eigenvalue weighted by molar-refractivity contribution is 7.88. The van der Waals surface area contributed by atoms with Crippen LogP contribution in [0.15, 0.2) is 0 Å². The van der Waals surface area contributed by atoms with E-state index in [0.29, 0.717) is 25.3 Å². The van der Waals surface area contributed by atoms with Gasteiger partial charge in [-0.3, -0.25) is 4.79 Å². The summed E-state index contributed by atoms with van der Waals surface area (Å²) in [4.78, 5) is 24.9. The fraction of sp³-hybridized carbons (Fsp3) is 0.643. The number of rotatable bonds is 4. The van der Waals surface area contributed by atoms with Gasteiger partial charge in [-0.1, -0.05) is 0 Å². The second-order valence-corrected chi connectivity index (χ2v) is 7.82. The Morgan fingerprint density at radius 3 is 2.57 bits per heavy atom. The molecule has 128 valence electrons. The van der Waals surface area contributed by atoms with Crippen molar-refractivity contribution in [3.63, 3.8) is 0 Å². The molecule has 1 aliphatic heterocycles. The van der Waals surface area contributed by atoms with Crippen molar-refractivity contribution in [3.05, 3.63) is 17.1 Å². The molecule has 1 aliphatic rings. The minimum atomic E-state index is -3.42.